The van der Waals surface area contributed by atoms with Gasteiger partial charge in [0, 0.05) is 17.7 Å². The van der Waals surface area contributed by atoms with Crippen LogP contribution < -0.4 is 15.4 Å². The average Bonchev–Trinajstić information content (AvgIpc) is 3.00. The molecule has 1 aliphatic carbocycles. The summed E-state index contributed by atoms with van der Waals surface area (Å²) in [6.45, 7) is 2.79. The van der Waals surface area contributed by atoms with Gasteiger partial charge in [-0.25, -0.2) is 0 Å². The molecule has 0 saturated heterocycles. The van der Waals surface area contributed by atoms with Crippen LogP contribution in [0.25, 0.3) is 0 Å². The molecule has 2 atom stereocenters. The second kappa shape index (κ2) is 9.02. The molecule has 0 amide bonds. The summed E-state index contributed by atoms with van der Waals surface area (Å²) in [7, 11) is 0. The molecule has 168 valence electrons. The Bertz CT molecular complexity index is 1200. The van der Waals surface area contributed by atoms with Gasteiger partial charge in [-0.2, -0.15) is 0 Å². The zero-order valence-corrected chi connectivity index (χ0v) is 18.7. The van der Waals surface area contributed by atoms with Crippen LogP contribution in [0.2, 0.25) is 0 Å². The van der Waals surface area contributed by atoms with Crippen molar-refractivity contribution in [2.24, 2.45) is 0 Å². The summed E-state index contributed by atoms with van der Waals surface area (Å²) in [6.07, 6.45) is 2.15. The lowest BCUT2D eigenvalue weighted by Gasteiger charge is -2.30. The van der Waals surface area contributed by atoms with Gasteiger partial charge in [-0.1, -0.05) is 43.3 Å². The second-order valence-corrected chi connectivity index (χ2v) is 8.68. The molecular formula is C28H28N2O3. The van der Waals surface area contributed by atoms with Crippen LogP contribution >= 0.6 is 0 Å². The maximum Gasteiger partial charge on any atom is 0.163 e. The van der Waals surface area contributed by atoms with Gasteiger partial charge >= 0.3 is 0 Å². The Kier molecular flexibility index (Phi) is 5.78. The molecule has 0 aromatic heterocycles. The summed E-state index contributed by atoms with van der Waals surface area (Å²) < 4.78 is 5.72. The van der Waals surface area contributed by atoms with Crippen molar-refractivity contribution in [1.29, 1.82) is 0 Å². The fourth-order valence-corrected chi connectivity index (χ4v) is 4.74. The van der Waals surface area contributed by atoms with E-state index in [-0.39, 0.29) is 23.5 Å². The number of hydrogen-bond acceptors (Lipinski definition) is 5. The summed E-state index contributed by atoms with van der Waals surface area (Å²) >= 11 is 0. The maximum absolute atomic E-state index is 13.6. The highest BCUT2D eigenvalue weighted by atomic mass is 16.5. The molecule has 5 rings (SSSR count). The Morgan fingerprint density at radius 3 is 2.48 bits per heavy atom. The van der Waals surface area contributed by atoms with Gasteiger partial charge in [0.05, 0.1) is 24.0 Å². The molecule has 3 N–H and O–H groups in total. The summed E-state index contributed by atoms with van der Waals surface area (Å²) in [5, 5.41) is 17.2. The zero-order valence-electron chi connectivity index (χ0n) is 18.7. The SMILES string of the molecule is CCCOc1ccc(C2CC(=O)C3=C(C2)Nc2ccccc2NC3c2cccc(O)c2)cc1. The quantitative estimate of drug-likeness (QED) is 0.443. The number of phenols is 1. The van der Waals surface area contributed by atoms with Gasteiger partial charge in [0.25, 0.3) is 0 Å². The molecule has 0 fully saturated rings. The molecule has 33 heavy (non-hydrogen) atoms. The topological polar surface area (TPSA) is 70.6 Å². The lowest BCUT2D eigenvalue weighted by atomic mass is 9.78. The lowest BCUT2D eigenvalue weighted by molar-refractivity contribution is -0.116. The van der Waals surface area contributed by atoms with Gasteiger partial charge in [-0.15, -0.1) is 0 Å². The van der Waals surface area contributed by atoms with Gasteiger partial charge in [0.1, 0.15) is 11.5 Å². The Balaban J connectivity index is 1.51. The van der Waals surface area contributed by atoms with Crippen molar-refractivity contribution in [3.63, 3.8) is 0 Å². The fourth-order valence-electron chi connectivity index (χ4n) is 4.74. The number of fused-ring (bicyclic) bond motifs is 1. The number of benzene rings is 3. The highest BCUT2D eigenvalue weighted by Crippen LogP contribution is 2.44. The summed E-state index contributed by atoms with van der Waals surface area (Å²) in [6, 6.07) is 22.9. The standard InChI is InChI=1S/C28H28N2O3/c1-2-14-33-22-12-10-18(11-13-22)20-16-25-27(26(32)17-20)28(19-6-5-7-21(31)15-19)30-24-9-4-3-8-23(24)29-25/h3-13,15,20,28-31H,2,14,16-17H2,1H3. The van der Waals surface area contributed by atoms with Crippen LogP contribution in [0, 0.1) is 0 Å². The number of allylic oxidation sites excluding steroid dienone is 1. The van der Waals surface area contributed by atoms with Crippen molar-refractivity contribution in [3.05, 3.63) is 95.2 Å². The van der Waals surface area contributed by atoms with Crippen LogP contribution in [0.4, 0.5) is 11.4 Å². The molecule has 5 nitrogen and oxygen atoms in total. The third kappa shape index (κ3) is 4.31. The molecule has 3 aromatic carbocycles. The van der Waals surface area contributed by atoms with Crippen molar-refractivity contribution in [1.82, 2.24) is 0 Å². The average molecular weight is 441 g/mol. The molecule has 1 aliphatic heterocycles. The molecule has 0 radical (unpaired) electrons. The minimum Gasteiger partial charge on any atom is -0.508 e. The zero-order chi connectivity index (χ0) is 22.8. The fraction of sp³-hybridized carbons (Fsp3) is 0.250. The monoisotopic (exact) mass is 440 g/mol. The van der Waals surface area contributed by atoms with E-state index in [1.54, 1.807) is 12.1 Å². The van der Waals surface area contributed by atoms with Gasteiger partial charge in [-0.05, 0) is 66.3 Å². The van der Waals surface area contributed by atoms with E-state index in [1.807, 2.05) is 48.5 Å². The van der Waals surface area contributed by atoms with Gasteiger partial charge in [0.15, 0.2) is 5.78 Å². The van der Waals surface area contributed by atoms with Crippen molar-refractivity contribution in [2.75, 3.05) is 17.2 Å². The van der Waals surface area contributed by atoms with E-state index in [4.69, 9.17) is 4.74 Å². The smallest absolute Gasteiger partial charge is 0.163 e. The van der Waals surface area contributed by atoms with Gasteiger partial charge in [0.2, 0.25) is 0 Å². The molecule has 0 spiro atoms. The Labute approximate surface area is 194 Å². The van der Waals surface area contributed by atoms with Crippen LogP contribution in [0.15, 0.2) is 84.1 Å². The molecule has 1 heterocycles. The minimum absolute atomic E-state index is 0.0964. The number of para-hydroxylation sites is 2. The highest BCUT2D eigenvalue weighted by Gasteiger charge is 2.36. The largest absolute Gasteiger partial charge is 0.508 e. The maximum atomic E-state index is 13.6. The second-order valence-electron chi connectivity index (χ2n) is 8.68. The van der Waals surface area contributed by atoms with Crippen LogP contribution in [0.3, 0.4) is 0 Å². The predicted molar refractivity (Wildman–Crippen MR) is 131 cm³/mol. The van der Waals surface area contributed by atoms with E-state index in [1.165, 1.54) is 0 Å². The van der Waals surface area contributed by atoms with Crippen molar-refractivity contribution >= 4 is 17.2 Å². The molecule has 2 unspecified atom stereocenters. The molecule has 5 heteroatoms. The molecule has 2 aliphatic rings. The Morgan fingerprint density at radius 1 is 0.939 bits per heavy atom. The Morgan fingerprint density at radius 2 is 1.73 bits per heavy atom. The summed E-state index contributed by atoms with van der Waals surface area (Å²) in [5.41, 5.74) is 5.57. The van der Waals surface area contributed by atoms with Gasteiger partial charge < -0.3 is 20.5 Å². The number of aromatic hydroxyl groups is 1. The van der Waals surface area contributed by atoms with Crippen molar-refractivity contribution < 1.29 is 14.6 Å². The first-order valence-electron chi connectivity index (χ1n) is 11.5. The number of ketones is 1. The van der Waals surface area contributed by atoms with Crippen LogP contribution in [-0.4, -0.2) is 17.5 Å². The molecule has 0 saturated carbocycles. The predicted octanol–water partition coefficient (Wildman–Crippen LogP) is 6.16. The third-order valence-corrected chi connectivity index (χ3v) is 6.34. The number of nitrogens with one attached hydrogen (secondary N) is 2. The van der Waals surface area contributed by atoms with Crippen LogP contribution in [-0.2, 0) is 4.79 Å². The normalized spacial score (nSPS) is 19.6. The first-order valence-corrected chi connectivity index (χ1v) is 11.5. The third-order valence-electron chi connectivity index (χ3n) is 6.34. The van der Waals surface area contributed by atoms with E-state index in [0.717, 1.165) is 52.4 Å². The van der Waals surface area contributed by atoms with E-state index in [0.29, 0.717) is 13.0 Å². The number of anilines is 2. The molecule has 3 aromatic rings. The van der Waals surface area contributed by atoms with Crippen molar-refractivity contribution in [2.45, 2.75) is 38.1 Å². The van der Waals surface area contributed by atoms with Crippen molar-refractivity contribution in [3.8, 4) is 11.5 Å². The number of rotatable bonds is 5. The van der Waals surface area contributed by atoms with Crippen LogP contribution in [0.5, 0.6) is 11.5 Å². The number of ether oxygens (including phenoxy) is 1. The molecular weight excluding hydrogens is 412 g/mol. The van der Waals surface area contributed by atoms with Crippen LogP contribution in [0.1, 0.15) is 49.3 Å². The number of Topliss-reactive ketones (excluding diaryl/α,β-unsaturated/α-hetero) is 1. The van der Waals surface area contributed by atoms with E-state index < -0.39 is 0 Å². The summed E-state index contributed by atoms with van der Waals surface area (Å²) in [5.74, 6) is 1.26. The van der Waals surface area contributed by atoms with E-state index >= 15 is 0 Å². The number of carbonyl (C=O) groups is 1. The number of phenolic OH excluding ortho intramolecular Hbond substituents is 1. The highest BCUT2D eigenvalue weighted by molar-refractivity contribution is 6.01. The lowest BCUT2D eigenvalue weighted by Crippen LogP contribution is -2.26. The number of carbonyl (C=O) groups excluding carboxylic acids is 1. The Hall–Kier alpha value is -3.73. The number of hydrogen-bond donors (Lipinski definition) is 3. The summed E-state index contributed by atoms with van der Waals surface area (Å²) in [4.78, 5) is 13.6. The first-order chi connectivity index (χ1) is 16.1. The first kappa shape index (κ1) is 21.1. The van der Waals surface area contributed by atoms with E-state index in [2.05, 4.69) is 29.7 Å². The minimum atomic E-state index is -0.332. The van der Waals surface area contributed by atoms with E-state index in [9.17, 15) is 9.90 Å². The van der Waals surface area contributed by atoms with Gasteiger partial charge in [-0.3, -0.25) is 4.79 Å². The molecule has 0 bridgehead atoms.